The Morgan fingerprint density at radius 3 is 2.55 bits per heavy atom. The number of benzene rings is 2. The van der Waals surface area contributed by atoms with Gasteiger partial charge >= 0.3 is 0 Å². The predicted octanol–water partition coefficient (Wildman–Crippen LogP) is 4.26. The Bertz CT molecular complexity index is 1170. The smallest absolute Gasteiger partial charge is 0.254 e. The molecule has 1 N–H and O–H groups in total. The second kappa shape index (κ2) is 8.37. The molecule has 0 spiro atoms. The molecular formula is C25H26N4O2. The number of H-pyrrole nitrogens is 1. The molecule has 1 fully saturated rings. The van der Waals surface area contributed by atoms with Crippen molar-refractivity contribution in [1.82, 2.24) is 15.1 Å². The SMILES string of the molecule is COCc1n[nH]c(-c2cc(C(=O)N3CC(c4ccc(C#N)cc4)C3)c(C)cc2C)c1C. The molecule has 6 heteroatoms. The number of nitrogens with one attached hydrogen (secondary N) is 1. The summed E-state index contributed by atoms with van der Waals surface area (Å²) in [6.07, 6.45) is 0. The van der Waals surface area contributed by atoms with Crippen molar-refractivity contribution in [2.45, 2.75) is 33.3 Å². The van der Waals surface area contributed by atoms with Crippen LogP contribution in [0.5, 0.6) is 0 Å². The topological polar surface area (TPSA) is 82.0 Å². The lowest BCUT2D eigenvalue weighted by molar-refractivity contribution is 0.0601. The minimum Gasteiger partial charge on any atom is -0.378 e. The van der Waals surface area contributed by atoms with Gasteiger partial charge < -0.3 is 9.64 Å². The Morgan fingerprint density at radius 2 is 1.90 bits per heavy atom. The number of aromatic nitrogens is 2. The molecule has 0 atom stereocenters. The second-order valence-corrected chi connectivity index (χ2v) is 8.23. The van der Waals surface area contributed by atoms with Crippen LogP contribution < -0.4 is 0 Å². The summed E-state index contributed by atoms with van der Waals surface area (Å²) in [6.45, 7) is 7.88. The van der Waals surface area contributed by atoms with E-state index in [1.165, 1.54) is 5.56 Å². The molecule has 0 saturated carbocycles. The van der Waals surface area contributed by atoms with Gasteiger partial charge in [-0.2, -0.15) is 10.4 Å². The van der Waals surface area contributed by atoms with Gasteiger partial charge in [-0.1, -0.05) is 18.2 Å². The molecule has 0 unspecified atom stereocenters. The number of ether oxygens (including phenoxy) is 1. The molecule has 31 heavy (non-hydrogen) atoms. The van der Waals surface area contributed by atoms with E-state index in [0.29, 0.717) is 31.2 Å². The summed E-state index contributed by atoms with van der Waals surface area (Å²) in [4.78, 5) is 15.1. The maximum atomic E-state index is 13.2. The van der Waals surface area contributed by atoms with E-state index >= 15 is 0 Å². The Balaban J connectivity index is 1.55. The van der Waals surface area contributed by atoms with E-state index in [-0.39, 0.29) is 5.91 Å². The summed E-state index contributed by atoms with van der Waals surface area (Å²) in [5.74, 6) is 0.367. The largest absolute Gasteiger partial charge is 0.378 e. The van der Waals surface area contributed by atoms with Crippen LogP contribution >= 0.6 is 0 Å². The van der Waals surface area contributed by atoms with Crippen molar-refractivity contribution in [1.29, 1.82) is 5.26 Å². The van der Waals surface area contributed by atoms with Crippen molar-refractivity contribution in [3.05, 3.63) is 75.5 Å². The van der Waals surface area contributed by atoms with E-state index in [4.69, 9.17) is 10.00 Å². The lowest BCUT2D eigenvalue weighted by Gasteiger charge is -2.40. The first-order valence-corrected chi connectivity index (χ1v) is 10.4. The van der Waals surface area contributed by atoms with Gasteiger partial charge in [0.15, 0.2) is 0 Å². The van der Waals surface area contributed by atoms with E-state index in [1.54, 1.807) is 7.11 Å². The number of carbonyl (C=O) groups excluding carboxylic acids is 1. The molecule has 1 aromatic heterocycles. The molecule has 1 aliphatic heterocycles. The number of hydrogen-bond donors (Lipinski definition) is 1. The highest BCUT2D eigenvalue weighted by molar-refractivity contribution is 5.98. The third-order valence-electron chi connectivity index (χ3n) is 6.14. The zero-order valence-corrected chi connectivity index (χ0v) is 18.3. The lowest BCUT2D eigenvalue weighted by Crippen LogP contribution is -2.48. The maximum Gasteiger partial charge on any atom is 0.254 e. The average molecular weight is 415 g/mol. The zero-order valence-electron chi connectivity index (χ0n) is 18.3. The lowest BCUT2D eigenvalue weighted by atomic mass is 9.89. The Morgan fingerprint density at radius 1 is 1.19 bits per heavy atom. The summed E-state index contributed by atoms with van der Waals surface area (Å²) in [7, 11) is 1.65. The number of aromatic amines is 1. The number of hydrogen-bond acceptors (Lipinski definition) is 4. The molecule has 1 amide bonds. The summed E-state index contributed by atoms with van der Waals surface area (Å²) >= 11 is 0. The minimum absolute atomic E-state index is 0.0536. The number of aryl methyl sites for hydroxylation is 2. The first-order chi connectivity index (χ1) is 14.9. The van der Waals surface area contributed by atoms with Crippen LogP contribution in [-0.4, -0.2) is 41.2 Å². The number of rotatable bonds is 5. The Labute approximate surface area is 182 Å². The van der Waals surface area contributed by atoms with E-state index < -0.39 is 0 Å². The van der Waals surface area contributed by atoms with Crippen LogP contribution in [0.2, 0.25) is 0 Å². The molecule has 0 bridgehead atoms. The van der Waals surface area contributed by atoms with Crippen LogP contribution in [0.25, 0.3) is 11.3 Å². The highest BCUT2D eigenvalue weighted by Gasteiger charge is 2.33. The van der Waals surface area contributed by atoms with E-state index in [1.807, 2.05) is 49.1 Å². The number of carbonyl (C=O) groups is 1. The number of nitriles is 1. The molecular weight excluding hydrogens is 388 g/mol. The minimum atomic E-state index is 0.0536. The summed E-state index contributed by atoms with van der Waals surface area (Å²) < 4.78 is 5.22. The zero-order chi connectivity index (χ0) is 22.1. The maximum absolute atomic E-state index is 13.2. The molecule has 1 aliphatic rings. The van der Waals surface area contributed by atoms with Gasteiger partial charge in [0.05, 0.1) is 29.6 Å². The van der Waals surface area contributed by atoms with Crippen molar-refractivity contribution < 1.29 is 9.53 Å². The molecule has 1 saturated heterocycles. The molecule has 0 aliphatic carbocycles. The molecule has 0 radical (unpaired) electrons. The fraction of sp³-hybridized carbons (Fsp3) is 0.320. The molecule has 2 aromatic carbocycles. The molecule has 3 aromatic rings. The van der Waals surface area contributed by atoms with Gasteiger partial charge in [-0.05, 0) is 55.7 Å². The van der Waals surface area contributed by atoms with Crippen LogP contribution in [0.4, 0.5) is 0 Å². The molecule has 6 nitrogen and oxygen atoms in total. The van der Waals surface area contributed by atoms with Gasteiger partial charge in [-0.3, -0.25) is 9.89 Å². The van der Waals surface area contributed by atoms with Gasteiger partial charge in [0.1, 0.15) is 0 Å². The van der Waals surface area contributed by atoms with Gasteiger partial charge in [0.2, 0.25) is 0 Å². The van der Waals surface area contributed by atoms with Crippen LogP contribution in [0.15, 0.2) is 36.4 Å². The van der Waals surface area contributed by atoms with Crippen molar-refractivity contribution >= 4 is 5.91 Å². The van der Waals surface area contributed by atoms with Crippen LogP contribution in [0, 0.1) is 32.1 Å². The number of methoxy groups -OCH3 is 1. The Hall–Kier alpha value is -3.43. The van der Waals surface area contributed by atoms with E-state index in [0.717, 1.165) is 39.2 Å². The first-order valence-electron chi connectivity index (χ1n) is 10.4. The highest BCUT2D eigenvalue weighted by Crippen LogP contribution is 2.32. The summed E-state index contributed by atoms with van der Waals surface area (Å²) in [5.41, 5.74) is 8.45. The van der Waals surface area contributed by atoms with Crippen molar-refractivity contribution in [2.24, 2.45) is 0 Å². The van der Waals surface area contributed by atoms with Gasteiger partial charge in [0.25, 0.3) is 5.91 Å². The van der Waals surface area contributed by atoms with Gasteiger partial charge in [-0.25, -0.2) is 0 Å². The standard InChI is InChI=1S/C25H26N4O2/c1-15-9-16(2)22(10-21(15)24-17(3)23(14-31-4)27-28-24)25(30)29-12-20(13-29)19-7-5-18(11-26)6-8-19/h5-10,20H,12-14H2,1-4H3,(H,27,28). The highest BCUT2D eigenvalue weighted by atomic mass is 16.5. The number of likely N-dealkylation sites (tertiary alicyclic amines) is 1. The van der Waals surface area contributed by atoms with Crippen molar-refractivity contribution in [2.75, 3.05) is 20.2 Å². The Kier molecular flexibility index (Phi) is 5.62. The number of nitrogens with zero attached hydrogens (tertiary/aromatic N) is 3. The van der Waals surface area contributed by atoms with E-state index in [2.05, 4.69) is 29.3 Å². The summed E-state index contributed by atoms with van der Waals surface area (Å²) in [6, 6.07) is 13.8. The van der Waals surface area contributed by atoms with Gasteiger partial charge in [0, 0.05) is 42.8 Å². The number of amides is 1. The van der Waals surface area contributed by atoms with Crippen LogP contribution in [0.3, 0.4) is 0 Å². The predicted molar refractivity (Wildman–Crippen MR) is 119 cm³/mol. The average Bonchev–Trinajstić information content (AvgIpc) is 3.08. The quantitative estimate of drug-likeness (QED) is 0.676. The fourth-order valence-corrected chi connectivity index (χ4v) is 4.18. The molecule has 4 rings (SSSR count). The third kappa shape index (κ3) is 3.85. The molecule has 158 valence electrons. The van der Waals surface area contributed by atoms with Crippen LogP contribution in [0.1, 0.15) is 49.8 Å². The van der Waals surface area contributed by atoms with Crippen molar-refractivity contribution in [3.63, 3.8) is 0 Å². The summed E-state index contributed by atoms with van der Waals surface area (Å²) in [5, 5.41) is 16.5. The first kappa shape index (κ1) is 20.8. The molecule has 2 heterocycles. The second-order valence-electron chi connectivity index (χ2n) is 8.23. The monoisotopic (exact) mass is 414 g/mol. The van der Waals surface area contributed by atoms with Crippen molar-refractivity contribution in [3.8, 4) is 17.3 Å². The van der Waals surface area contributed by atoms with Crippen LogP contribution in [-0.2, 0) is 11.3 Å². The third-order valence-corrected chi connectivity index (χ3v) is 6.14. The van der Waals surface area contributed by atoms with E-state index in [9.17, 15) is 4.79 Å². The van der Waals surface area contributed by atoms with Gasteiger partial charge in [-0.15, -0.1) is 0 Å². The fourth-order valence-electron chi connectivity index (χ4n) is 4.18. The normalized spacial score (nSPS) is 13.7.